The van der Waals surface area contributed by atoms with Gasteiger partial charge in [-0.05, 0) is 18.1 Å². The highest BCUT2D eigenvalue weighted by Gasteiger charge is 2.04. The Hall–Kier alpha value is -1.66. The number of para-hydroxylation sites is 1. The number of carbonyl (C=O) groups excluding carboxylic acids is 1. The number of benzene rings is 1. The number of aromatic nitrogens is 1. The molecule has 1 heterocycles. The zero-order chi connectivity index (χ0) is 13.5. The molecule has 6 heteroatoms. The van der Waals surface area contributed by atoms with Gasteiger partial charge in [0.15, 0.2) is 0 Å². The van der Waals surface area contributed by atoms with Crippen LogP contribution in [-0.4, -0.2) is 17.7 Å². The Bertz CT molecular complexity index is 541. The minimum Gasteiger partial charge on any atom is -0.449 e. The molecule has 0 spiro atoms. The lowest BCUT2D eigenvalue weighted by molar-refractivity contribution is 0.139. The predicted octanol–water partition coefficient (Wildman–Crippen LogP) is 2.83. The SMILES string of the molecule is CCCCOC(=O)NNCc1cccc2scnc12. The van der Waals surface area contributed by atoms with Gasteiger partial charge in [-0.15, -0.1) is 11.3 Å². The molecule has 0 saturated heterocycles. The molecule has 0 fully saturated rings. The molecular formula is C13H17N3O2S. The third-order valence-electron chi connectivity index (χ3n) is 2.64. The van der Waals surface area contributed by atoms with Crippen LogP contribution in [0.2, 0.25) is 0 Å². The maximum absolute atomic E-state index is 11.3. The van der Waals surface area contributed by atoms with E-state index in [0.717, 1.165) is 28.6 Å². The third kappa shape index (κ3) is 3.90. The Morgan fingerprint density at radius 3 is 3.21 bits per heavy atom. The molecule has 0 unspecified atom stereocenters. The van der Waals surface area contributed by atoms with E-state index in [1.54, 1.807) is 11.3 Å². The molecule has 0 aliphatic carbocycles. The van der Waals surface area contributed by atoms with Gasteiger partial charge in [0, 0.05) is 6.54 Å². The molecule has 0 saturated carbocycles. The van der Waals surface area contributed by atoms with E-state index >= 15 is 0 Å². The molecule has 19 heavy (non-hydrogen) atoms. The zero-order valence-electron chi connectivity index (χ0n) is 10.8. The van der Waals surface area contributed by atoms with Crippen LogP contribution in [0.1, 0.15) is 25.3 Å². The molecule has 2 aromatic rings. The number of carbonyl (C=O) groups is 1. The lowest BCUT2D eigenvalue weighted by Crippen LogP contribution is -2.37. The molecule has 1 aromatic carbocycles. The average molecular weight is 279 g/mol. The first-order chi connectivity index (χ1) is 9.31. The van der Waals surface area contributed by atoms with Crippen LogP contribution in [0.5, 0.6) is 0 Å². The lowest BCUT2D eigenvalue weighted by Gasteiger charge is -2.08. The minimum atomic E-state index is -0.445. The largest absolute Gasteiger partial charge is 0.449 e. The number of nitrogens with zero attached hydrogens (tertiary/aromatic N) is 1. The second kappa shape index (κ2) is 7.06. The number of hydrazine groups is 1. The van der Waals surface area contributed by atoms with Gasteiger partial charge in [0.1, 0.15) is 0 Å². The van der Waals surface area contributed by atoms with Crippen LogP contribution in [0.3, 0.4) is 0 Å². The first-order valence-corrected chi connectivity index (χ1v) is 7.16. The van der Waals surface area contributed by atoms with E-state index in [1.807, 2.05) is 30.6 Å². The summed E-state index contributed by atoms with van der Waals surface area (Å²) >= 11 is 1.60. The third-order valence-corrected chi connectivity index (χ3v) is 3.44. The highest BCUT2D eigenvalue weighted by molar-refractivity contribution is 7.16. The number of fused-ring (bicyclic) bond motifs is 1. The van der Waals surface area contributed by atoms with E-state index in [4.69, 9.17) is 4.74 Å². The Balaban J connectivity index is 1.79. The quantitative estimate of drug-likeness (QED) is 0.630. The molecule has 0 radical (unpaired) electrons. The van der Waals surface area contributed by atoms with Crippen LogP contribution in [0.15, 0.2) is 23.7 Å². The number of amides is 1. The zero-order valence-corrected chi connectivity index (χ0v) is 11.6. The van der Waals surface area contributed by atoms with Crippen molar-refractivity contribution in [2.75, 3.05) is 6.61 Å². The van der Waals surface area contributed by atoms with E-state index in [9.17, 15) is 4.79 Å². The number of nitrogens with one attached hydrogen (secondary N) is 2. The lowest BCUT2D eigenvalue weighted by atomic mass is 10.2. The fourth-order valence-corrected chi connectivity index (χ4v) is 2.37. The standard InChI is InChI=1S/C13H17N3O2S/c1-2-3-7-18-13(17)16-15-8-10-5-4-6-11-12(10)14-9-19-11/h4-6,9,15H,2-3,7-8H2,1H3,(H,16,17). The maximum Gasteiger partial charge on any atom is 0.421 e. The molecule has 0 bridgehead atoms. The second-order valence-corrected chi connectivity index (χ2v) is 4.97. The van der Waals surface area contributed by atoms with Crippen molar-refractivity contribution < 1.29 is 9.53 Å². The van der Waals surface area contributed by atoms with Crippen molar-refractivity contribution in [3.05, 3.63) is 29.3 Å². The smallest absolute Gasteiger partial charge is 0.421 e. The van der Waals surface area contributed by atoms with E-state index < -0.39 is 6.09 Å². The Labute approximate surface area is 116 Å². The highest BCUT2D eigenvalue weighted by atomic mass is 32.1. The summed E-state index contributed by atoms with van der Waals surface area (Å²) in [6, 6.07) is 6.00. The van der Waals surface area contributed by atoms with Crippen molar-refractivity contribution >= 4 is 27.6 Å². The molecular weight excluding hydrogens is 262 g/mol. The van der Waals surface area contributed by atoms with Gasteiger partial charge in [0.2, 0.25) is 0 Å². The molecule has 0 atom stereocenters. The van der Waals surface area contributed by atoms with E-state index in [0.29, 0.717) is 13.2 Å². The monoisotopic (exact) mass is 279 g/mol. The van der Waals surface area contributed by atoms with Gasteiger partial charge in [-0.3, -0.25) is 5.43 Å². The van der Waals surface area contributed by atoms with Gasteiger partial charge in [-0.25, -0.2) is 15.2 Å². The van der Waals surface area contributed by atoms with Crippen LogP contribution >= 0.6 is 11.3 Å². The molecule has 1 amide bonds. The van der Waals surface area contributed by atoms with Gasteiger partial charge in [0.05, 0.1) is 22.3 Å². The van der Waals surface area contributed by atoms with Gasteiger partial charge in [-0.1, -0.05) is 25.5 Å². The van der Waals surface area contributed by atoms with Crippen molar-refractivity contribution in [1.29, 1.82) is 0 Å². The summed E-state index contributed by atoms with van der Waals surface area (Å²) in [5.74, 6) is 0. The molecule has 102 valence electrons. The van der Waals surface area contributed by atoms with E-state index in [-0.39, 0.29) is 0 Å². The molecule has 0 aliphatic rings. The molecule has 2 rings (SSSR count). The van der Waals surface area contributed by atoms with E-state index in [2.05, 4.69) is 15.8 Å². The number of ether oxygens (including phenoxy) is 1. The molecule has 2 N–H and O–H groups in total. The average Bonchev–Trinajstić information content (AvgIpc) is 2.88. The van der Waals surface area contributed by atoms with Crippen molar-refractivity contribution in [1.82, 2.24) is 15.8 Å². The number of rotatable bonds is 6. The molecule has 5 nitrogen and oxygen atoms in total. The summed E-state index contributed by atoms with van der Waals surface area (Å²) in [6.07, 6.45) is 1.44. The van der Waals surface area contributed by atoms with Gasteiger partial charge >= 0.3 is 6.09 Å². The predicted molar refractivity (Wildman–Crippen MR) is 75.9 cm³/mol. The summed E-state index contributed by atoms with van der Waals surface area (Å²) in [5.41, 5.74) is 9.20. The summed E-state index contributed by atoms with van der Waals surface area (Å²) in [4.78, 5) is 15.6. The normalized spacial score (nSPS) is 10.6. The van der Waals surface area contributed by atoms with Crippen molar-refractivity contribution in [3.8, 4) is 0 Å². The topological polar surface area (TPSA) is 63.2 Å². The van der Waals surface area contributed by atoms with Gasteiger partial charge in [0.25, 0.3) is 0 Å². The van der Waals surface area contributed by atoms with Gasteiger partial charge < -0.3 is 4.74 Å². The fraction of sp³-hybridized carbons (Fsp3) is 0.385. The molecule has 1 aromatic heterocycles. The Morgan fingerprint density at radius 2 is 2.37 bits per heavy atom. The van der Waals surface area contributed by atoms with Crippen LogP contribution < -0.4 is 10.9 Å². The second-order valence-electron chi connectivity index (χ2n) is 4.08. The Kier molecular flexibility index (Phi) is 5.11. The van der Waals surface area contributed by atoms with Crippen molar-refractivity contribution in [3.63, 3.8) is 0 Å². The Morgan fingerprint density at radius 1 is 1.47 bits per heavy atom. The summed E-state index contributed by atoms with van der Waals surface area (Å²) < 4.78 is 6.11. The van der Waals surface area contributed by atoms with Crippen molar-refractivity contribution in [2.45, 2.75) is 26.3 Å². The highest BCUT2D eigenvalue weighted by Crippen LogP contribution is 2.20. The van der Waals surface area contributed by atoms with Crippen LogP contribution in [0.4, 0.5) is 4.79 Å². The number of hydrogen-bond acceptors (Lipinski definition) is 5. The number of thiazole rings is 1. The van der Waals surface area contributed by atoms with E-state index in [1.165, 1.54) is 0 Å². The summed E-state index contributed by atoms with van der Waals surface area (Å²) in [6.45, 7) is 3.02. The van der Waals surface area contributed by atoms with Crippen LogP contribution in [0, 0.1) is 0 Å². The molecule has 0 aliphatic heterocycles. The first kappa shape index (κ1) is 13.8. The van der Waals surface area contributed by atoms with Crippen LogP contribution in [-0.2, 0) is 11.3 Å². The van der Waals surface area contributed by atoms with Gasteiger partial charge in [-0.2, -0.15) is 0 Å². The number of unbranched alkanes of at least 4 members (excludes halogenated alkanes) is 1. The summed E-state index contributed by atoms with van der Waals surface area (Å²) in [5, 5.41) is 0. The van der Waals surface area contributed by atoms with Crippen molar-refractivity contribution in [2.24, 2.45) is 0 Å². The van der Waals surface area contributed by atoms with Crippen LogP contribution in [0.25, 0.3) is 10.2 Å². The minimum absolute atomic E-state index is 0.445. The fourth-order valence-electron chi connectivity index (χ4n) is 1.64. The maximum atomic E-state index is 11.3. The number of hydrogen-bond donors (Lipinski definition) is 2. The summed E-state index contributed by atoms with van der Waals surface area (Å²) in [7, 11) is 0. The first-order valence-electron chi connectivity index (χ1n) is 6.28.